The first-order chi connectivity index (χ1) is 9.83. The van der Waals surface area contributed by atoms with Gasteiger partial charge in [0.1, 0.15) is 5.75 Å². The average Bonchev–Trinajstić information content (AvgIpc) is 2.40. The van der Waals surface area contributed by atoms with E-state index in [1.165, 1.54) is 6.07 Å². The smallest absolute Gasteiger partial charge is 0.405 e. The lowest BCUT2D eigenvalue weighted by Crippen LogP contribution is -2.17. The standard InChI is InChI=1S/C14H10BrF3INO/c15-12-7-11(5-6-13(12)21-14(16,17)18)20-8-9-1-3-10(19)4-2-9/h1-7,20H,8H2. The van der Waals surface area contributed by atoms with Crippen LogP contribution < -0.4 is 10.1 Å². The SMILES string of the molecule is FC(F)(F)Oc1ccc(NCc2ccc(I)cc2)cc1Br. The fourth-order valence-corrected chi connectivity index (χ4v) is 2.44. The Morgan fingerprint density at radius 2 is 1.76 bits per heavy atom. The largest absolute Gasteiger partial charge is 0.573 e. The summed E-state index contributed by atoms with van der Waals surface area (Å²) >= 11 is 5.29. The van der Waals surface area contributed by atoms with Gasteiger partial charge in [0.2, 0.25) is 0 Å². The molecule has 0 aromatic heterocycles. The molecule has 2 nitrogen and oxygen atoms in total. The van der Waals surface area contributed by atoms with Gasteiger partial charge in [-0.05, 0) is 74.4 Å². The molecule has 112 valence electrons. The van der Waals surface area contributed by atoms with Crippen LogP contribution in [0.4, 0.5) is 18.9 Å². The summed E-state index contributed by atoms with van der Waals surface area (Å²) in [6.45, 7) is 0.586. The topological polar surface area (TPSA) is 21.3 Å². The zero-order valence-electron chi connectivity index (χ0n) is 10.5. The molecule has 2 rings (SSSR count). The van der Waals surface area contributed by atoms with Crippen LogP contribution in [0.25, 0.3) is 0 Å². The van der Waals surface area contributed by atoms with E-state index in [9.17, 15) is 13.2 Å². The van der Waals surface area contributed by atoms with Gasteiger partial charge in [-0.3, -0.25) is 0 Å². The quantitative estimate of drug-likeness (QED) is 0.589. The van der Waals surface area contributed by atoms with Crippen LogP contribution in [0, 0.1) is 3.57 Å². The second-order valence-corrected chi connectivity index (χ2v) is 6.27. The maximum atomic E-state index is 12.2. The predicted octanol–water partition coefficient (Wildman–Crippen LogP) is 5.56. The second kappa shape index (κ2) is 6.87. The Hall–Kier alpha value is -0.960. The van der Waals surface area contributed by atoms with Crippen molar-refractivity contribution in [3.63, 3.8) is 0 Å². The zero-order chi connectivity index (χ0) is 15.5. The highest BCUT2D eigenvalue weighted by molar-refractivity contribution is 14.1. The van der Waals surface area contributed by atoms with Crippen LogP contribution in [-0.4, -0.2) is 6.36 Å². The summed E-state index contributed by atoms with van der Waals surface area (Å²) in [5.74, 6) is -0.262. The van der Waals surface area contributed by atoms with E-state index >= 15 is 0 Å². The van der Waals surface area contributed by atoms with E-state index in [4.69, 9.17) is 0 Å². The summed E-state index contributed by atoms with van der Waals surface area (Å²) in [6.07, 6.45) is -4.70. The Labute approximate surface area is 142 Å². The number of nitrogens with one attached hydrogen (secondary N) is 1. The summed E-state index contributed by atoms with van der Waals surface area (Å²) in [5.41, 5.74) is 1.79. The van der Waals surface area contributed by atoms with Crippen LogP contribution in [-0.2, 0) is 6.54 Å². The number of ether oxygens (including phenoxy) is 1. The van der Waals surface area contributed by atoms with Gasteiger partial charge in [-0.15, -0.1) is 13.2 Å². The molecule has 0 aliphatic rings. The van der Waals surface area contributed by atoms with Gasteiger partial charge in [-0.2, -0.15) is 0 Å². The van der Waals surface area contributed by atoms with E-state index in [-0.39, 0.29) is 10.2 Å². The molecule has 2 aromatic rings. The number of hydrogen-bond donors (Lipinski definition) is 1. The van der Waals surface area contributed by atoms with Crippen molar-refractivity contribution >= 4 is 44.2 Å². The highest BCUT2D eigenvalue weighted by Gasteiger charge is 2.31. The van der Waals surface area contributed by atoms with Crippen LogP contribution in [0.5, 0.6) is 5.75 Å². The first kappa shape index (κ1) is 16.4. The maximum absolute atomic E-state index is 12.2. The van der Waals surface area contributed by atoms with Gasteiger partial charge in [-0.25, -0.2) is 0 Å². The van der Waals surface area contributed by atoms with Crippen molar-refractivity contribution in [1.82, 2.24) is 0 Å². The number of benzene rings is 2. The molecule has 0 radical (unpaired) electrons. The molecule has 0 fully saturated rings. The molecular formula is C14H10BrF3INO. The summed E-state index contributed by atoms with van der Waals surface area (Å²) in [6, 6.07) is 12.3. The number of hydrogen-bond acceptors (Lipinski definition) is 2. The van der Waals surface area contributed by atoms with E-state index in [2.05, 4.69) is 48.6 Å². The number of rotatable bonds is 4. The molecule has 0 saturated heterocycles. The van der Waals surface area contributed by atoms with Crippen molar-refractivity contribution in [2.24, 2.45) is 0 Å². The van der Waals surface area contributed by atoms with Crippen LogP contribution >= 0.6 is 38.5 Å². The maximum Gasteiger partial charge on any atom is 0.573 e. The molecule has 0 aliphatic carbocycles. The van der Waals surface area contributed by atoms with Crippen molar-refractivity contribution in [3.05, 3.63) is 56.1 Å². The predicted molar refractivity (Wildman–Crippen MR) is 87.3 cm³/mol. The van der Waals surface area contributed by atoms with Crippen molar-refractivity contribution in [2.45, 2.75) is 12.9 Å². The lowest BCUT2D eigenvalue weighted by Gasteiger charge is -2.12. The van der Waals surface area contributed by atoms with Gasteiger partial charge < -0.3 is 10.1 Å². The Balaban J connectivity index is 2.01. The minimum atomic E-state index is -4.70. The van der Waals surface area contributed by atoms with Gasteiger partial charge in [0.15, 0.2) is 0 Å². The molecule has 0 spiro atoms. The minimum absolute atomic E-state index is 0.243. The minimum Gasteiger partial charge on any atom is -0.405 e. The van der Waals surface area contributed by atoms with Crippen LogP contribution in [0.1, 0.15) is 5.56 Å². The molecule has 1 N–H and O–H groups in total. The van der Waals surface area contributed by atoms with Crippen LogP contribution in [0.3, 0.4) is 0 Å². The molecule has 0 saturated carbocycles. The molecule has 0 heterocycles. The number of anilines is 1. The van der Waals surface area contributed by atoms with Crippen molar-refractivity contribution < 1.29 is 17.9 Å². The summed E-state index contributed by atoms with van der Waals surface area (Å²) < 4.78 is 41.8. The highest BCUT2D eigenvalue weighted by atomic mass is 127. The second-order valence-electron chi connectivity index (χ2n) is 4.17. The van der Waals surface area contributed by atoms with Crippen LogP contribution in [0.15, 0.2) is 46.9 Å². The molecular weight excluding hydrogens is 462 g/mol. The van der Waals surface area contributed by atoms with E-state index < -0.39 is 6.36 Å². The fraction of sp³-hybridized carbons (Fsp3) is 0.143. The summed E-state index contributed by atoms with van der Waals surface area (Å²) in [4.78, 5) is 0. The molecule has 7 heteroatoms. The molecule has 0 amide bonds. The van der Waals surface area contributed by atoms with E-state index in [0.717, 1.165) is 9.13 Å². The normalized spacial score (nSPS) is 11.3. The first-order valence-electron chi connectivity index (χ1n) is 5.87. The van der Waals surface area contributed by atoms with Crippen LogP contribution in [0.2, 0.25) is 0 Å². The molecule has 0 atom stereocenters. The van der Waals surface area contributed by atoms with Gasteiger partial charge in [0.05, 0.1) is 4.47 Å². The van der Waals surface area contributed by atoms with E-state index in [0.29, 0.717) is 12.2 Å². The summed E-state index contributed by atoms with van der Waals surface area (Å²) in [7, 11) is 0. The van der Waals surface area contributed by atoms with Gasteiger partial charge in [0.25, 0.3) is 0 Å². The molecule has 0 bridgehead atoms. The van der Waals surface area contributed by atoms with Gasteiger partial charge in [0, 0.05) is 15.8 Å². The average molecular weight is 472 g/mol. The van der Waals surface area contributed by atoms with Crippen molar-refractivity contribution in [2.75, 3.05) is 5.32 Å². The third-order valence-corrected chi connectivity index (χ3v) is 3.91. The Morgan fingerprint density at radius 1 is 1.10 bits per heavy atom. The van der Waals surface area contributed by atoms with Gasteiger partial charge >= 0.3 is 6.36 Å². The summed E-state index contributed by atoms with van der Waals surface area (Å²) in [5, 5.41) is 3.14. The zero-order valence-corrected chi connectivity index (χ0v) is 14.3. The lowest BCUT2D eigenvalue weighted by atomic mass is 10.2. The highest BCUT2D eigenvalue weighted by Crippen LogP contribution is 2.32. The molecule has 0 unspecified atom stereocenters. The van der Waals surface area contributed by atoms with Crippen molar-refractivity contribution in [3.8, 4) is 5.75 Å². The molecule has 0 aliphatic heterocycles. The van der Waals surface area contributed by atoms with E-state index in [1.807, 2.05) is 24.3 Å². The van der Waals surface area contributed by atoms with Crippen molar-refractivity contribution in [1.29, 1.82) is 0 Å². The fourth-order valence-electron chi connectivity index (χ4n) is 1.62. The Bertz CT molecular complexity index is 617. The molecule has 21 heavy (non-hydrogen) atoms. The first-order valence-corrected chi connectivity index (χ1v) is 7.74. The number of halogens is 5. The Kier molecular flexibility index (Phi) is 5.37. The van der Waals surface area contributed by atoms with Gasteiger partial charge in [-0.1, -0.05) is 12.1 Å². The third-order valence-electron chi connectivity index (χ3n) is 2.57. The van der Waals surface area contributed by atoms with E-state index in [1.54, 1.807) is 12.1 Å². The molecule has 2 aromatic carbocycles. The lowest BCUT2D eigenvalue weighted by molar-refractivity contribution is -0.274. The monoisotopic (exact) mass is 471 g/mol. The Morgan fingerprint density at radius 3 is 2.33 bits per heavy atom. The third kappa shape index (κ3) is 5.39. The number of alkyl halides is 3.